The number of nitrogens with one attached hydrogen (secondary N) is 1. The maximum absolute atomic E-state index is 11.8. The van der Waals surface area contributed by atoms with Crippen molar-refractivity contribution < 1.29 is 14.5 Å². The van der Waals surface area contributed by atoms with E-state index in [1.54, 1.807) is 0 Å². The second kappa shape index (κ2) is 8.02. The van der Waals surface area contributed by atoms with E-state index in [0.717, 1.165) is 10.2 Å². The van der Waals surface area contributed by atoms with Crippen molar-refractivity contribution in [1.29, 1.82) is 0 Å². The summed E-state index contributed by atoms with van der Waals surface area (Å²) in [5.41, 5.74) is 0.720. The molecule has 1 N–H and O–H groups in total. The number of carbonyl (C=O) groups excluding carboxylic acids is 1. The molecule has 3 aromatic rings. The Morgan fingerprint density at radius 2 is 1.83 bits per heavy atom. The van der Waals surface area contributed by atoms with Gasteiger partial charge in [0, 0.05) is 12.1 Å². The van der Waals surface area contributed by atoms with Crippen molar-refractivity contribution in [3.63, 3.8) is 0 Å². The number of benzene rings is 2. The smallest absolute Gasteiger partial charge is 0.410 e. The van der Waals surface area contributed by atoms with Crippen LogP contribution in [-0.2, 0) is 0 Å². The van der Waals surface area contributed by atoms with Crippen LogP contribution in [0.5, 0.6) is 5.75 Å². The molecule has 0 aliphatic carbocycles. The molecule has 0 fully saturated rings. The number of amides is 1. The van der Waals surface area contributed by atoms with E-state index in [9.17, 15) is 14.9 Å². The number of para-hydroxylation sites is 1. The van der Waals surface area contributed by atoms with Crippen molar-refractivity contribution >= 4 is 38.5 Å². The average Bonchev–Trinajstić information content (AvgIpc) is 2.99. The molecule has 0 saturated heterocycles. The molecular weight excluding hydrogens is 330 g/mol. The topological polar surface area (TPSA) is 94.4 Å². The molecule has 24 heavy (non-hydrogen) atoms. The lowest BCUT2D eigenvalue weighted by Gasteiger charge is -2.03. The Bertz CT molecular complexity index is 813. The van der Waals surface area contributed by atoms with Crippen molar-refractivity contribution in [3.05, 3.63) is 58.6 Å². The molecule has 0 spiro atoms. The van der Waals surface area contributed by atoms with E-state index in [1.165, 1.54) is 35.6 Å². The standard InChI is InChI=1S/C14H9N3O4S.C2H6/c18-14(21-10-7-5-9(6-8-10)17(19)20)16-13-15-11-3-1-2-4-12(11)22-13;1-2/h1-8H,(H,15,16,18);1-2H3. The van der Waals surface area contributed by atoms with Crippen LogP contribution in [0.3, 0.4) is 0 Å². The molecule has 1 heterocycles. The molecule has 0 aliphatic rings. The van der Waals surface area contributed by atoms with Crippen LogP contribution in [-0.4, -0.2) is 16.0 Å². The summed E-state index contributed by atoms with van der Waals surface area (Å²) in [6, 6.07) is 12.7. The number of hydrogen-bond donors (Lipinski definition) is 1. The van der Waals surface area contributed by atoms with Gasteiger partial charge in [-0.15, -0.1) is 0 Å². The molecule has 7 nitrogen and oxygen atoms in total. The lowest BCUT2D eigenvalue weighted by atomic mass is 10.3. The first-order valence-corrected chi connectivity index (χ1v) is 8.02. The highest BCUT2D eigenvalue weighted by Crippen LogP contribution is 2.25. The van der Waals surface area contributed by atoms with Gasteiger partial charge < -0.3 is 4.74 Å². The van der Waals surface area contributed by atoms with Crippen LogP contribution in [0.15, 0.2) is 48.5 Å². The van der Waals surface area contributed by atoms with Gasteiger partial charge in [0.15, 0.2) is 5.13 Å². The van der Waals surface area contributed by atoms with E-state index in [2.05, 4.69) is 10.3 Å². The van der Waals surface area contributed by atoms with Gasteiger partial charge in [0.25, 0.3) is 5.69 Å². The Labute approximate surface area is 142 Å². The Balaban J connectivity index is 0.00000100. The predicted octanol–water partition coefficient (Wildman–Crippen LogP) is 4.84. The molecule has 2 aromatic carbocycles. The summed E-state index contributed by atoms with van der Waals surface area (Å²) in [5, 5.41) is 13.5. The number of anilines is 1. The van der Waals surface area contributed by atoms with Crippen LogP contribution in [0.1, 0.15) is 13.8 Å². The van der Waals surface area contributed by atoms with Gasteiger partial charge in [0.05, 0.1) is 15.1 Å². The minimum Gasteiger partial charge on any atom is -0.410 e. The maximum atomic E-state index is 11.8. The second-order valence-electron chi connectivity index (χ2n) is 4.25. The summed E-state index contributed by atoms with van der Waals surface area (Å²) in [6.45, 7) is 4.00. The largest absolute Gasteiger partial charge is 0.418 e. The van der Waals surface area contributed by atoms with E-state index in [4.69, 9.17) is 4.74 Å². The summed E-state index contributed by atoms with van der Waals surface area (Å²) in [6.07, 6.45) is -0.701. The van der Waals surface area contributed by atoms with Gasteiger partial charge in [-0.25, -0.2) is 9.78 Å². The second-order valence-corrected chi connectivity index (χ2v) is 5.28. The fourth-order valence-electron chi connectivity index (χ4n) is 1.78. The fraction of sp³-hybridized carbons (Fsp3) is 0.125. The Hall–Kier alpha value is -3.00. The molecule has 3 rings (SSSR count). The average molecular weight is 345 g/mol. The maximum Gasteiger partial charge on any atom is 0.418 e. The lowest BCUT2D eigenvalue weighted by Crippen LogP contribution is -2.16. The van der Waals surface area contributed by atoms with E-state index < -0.39 is 11.0 Å². The highest BCUT2D eigenvalue weighted by atomic mass is 32.1. The minimum absolute atomic E-state index is 0.0704. The van der Waals surface area contributed by atoms with E-state index in [1.807, 2.05) is 38.1 Å². The number of nitro groups is 1. The molecule has 0 radical (unpaired) electrons. The van der Waals surface area contributed by atoms with Gasteiger partial charge in [-0.3, -0.25) is 15.4 Å². The third-order valence-electron chi connectivity index (χ3n) is 2.76. The van der Waals surface area contributed by atoms with Crippen molar-refractivity contribution in [3.8, 4) is 5.75 Å². The molecule has 0 atom stereocenters. The van der Waals surface area contributed by atoms with Gasteiger partial charge in [0.1, 0.15) is 5.75 Å². The molecule has 8 heteroatoms. The van der Waals surface area contributed by atoms with Crippen molar-refractivity contribution in [2.75, 3.05) is 5.32 Å². The third kappa shape index (κ3) is 4.26. The Kier molecular flexibility index (Phi) is 5.80. The third-order valence-corrected chi connectivity index (χ3v) is 3.71. The van der Waals surface area contributed by atoms with Crippen molar-refractivity contribution in [1.82, 2.24) is 4.98 Å². The molecule has 124 valence electrons. The molecule has 0 unspecified atom stereocenters. The molecule has 0 saturated carbocycles. The molecular formula is C16H15N3O4S. The van der Waals surface area contributed by atoms with Crippen molar-refractivity contribution in [2.24, 2.45) is 0 Å². The number of non-ortho nitro benzene ring substituents is 1. The van der Waals surface area contributed by atoms with Crippen LogP contribution < -0.4 is 10.1 Å². The number of aromatic nitrogens is 1. The monoisotopic (exact) mass is 345 g/mol. The minimum atomic E-state index is -0.701. The highest BCUT2D eigenvalue weighted by molar-refractivity contribution is 7.22. The van der Waals surface area contributed by atoms with Gasteiger partial charge in [0.2, 0.25) is 0 Å². The Morgan fingerprint density at radius 1 is 1.17 bits per heavy atom. The summed E-state index contributed by atoms with van der Waals surface area (Å²) in [5.74, 6) is 0.212. The number of carbonyl (C=O) groups is 1. The first kappa shape index (κ1) is 17.4. The number of ether oxygens (including phenoxy) is 1. The van der Waals surface area contributed by atoms with Crippen LogP contribution >= 0.6 is 11.3 Å². The number of rotatable bonds is 3. The predicted molar refractivity (Wildman–Crippen MR) is 93.7 cm³/mol. The zero-order valence-electron chi connectivity index (χ0n) is 13.1. The first-order valence-electron chi connectivity index (χ1n) is 7.21. The van der Waals surface area contributed by atoms with Crippen LogP contribution in [0.4, 0.5) is 15.6 Å². The molecule has 1 aromatic heterocycles. The SMILES string of the molecule is CC.O=C(Nc1nc2ccccc2s1)Oc1ccc([N+](=O)[O-])cc1. The lowest BCUT2D eigenvalue weighted by molar-refractivity contribution is -0.384. The first-order chi connectivity index (χ1) is 11.6. The van der Waals surface area contributed by atoms with Gasteiger partial charge >= 0.3 is 6.09 Å². The fourth-order valence-corrected chi connectivity index (χ4v) is 2.63. The van der Waals surface area contributed by atoms with Gasteiger partial charge in [-0.2, -0.15) is 0 Å². The van der Waals surface area contributed by atoms with Gasteiger partial charge in [-0.1, -0.05) is 37.3 Å². The van der Waals surface area contributed by atoms with E-state index in [-0.39, 0.29) is 11.4 Å². The number of nitro benzene ring substituents is 1. The zero-order valence-corrected chi connectivity index (χ0v) is 13.9. The van der Waals surface area contributed by atoms with Crippen LogP contribution in [0.2, 0.25) is 0 Å². The number of nitrogens with zero attached hydrogens (tertiary/aromatic N) is 2. The Morgan fingerprint density at radius 3 is 2.46 bits per heavy atom. The van der Waals surface area contributed by atoms with E-state index in [0.29, 0.717) is 5.13 Å². The van der Waals surface area contributed by atoms with Gasteiger partial charge in [-0.05, 0) is 24.3 Å². The molecule has 1 amide bonds. The number of hydrogen-bond acceptors (Lipinski definition) is 6. The summed E-state index contributed by atoms with van der Waals surface area (Å²) < 4.78 is 6.00. The normalized spacial score (nSPS) is 9.75. The summed E-state index contributed by atoms with van der Waals surface area (Å²) in [7, 11) is 0. The molecule has 0 aliphatic heterocycles. The zero-order chi connectivity index (χ0) is 17.5. The quantitative estimate of drug-likeness (QED) is 0.541. The van der Waals surface area contributed by atoms with Crippen molar-refractivity contribution in [2.45, 2.75) is 13.8 Å². The van der Waals surface area contributed by atoms with Crippen LogP contribution in [0.25, 0.3) is 10.2 Å². The number of thiazole rings is 1. The molecule has 0 bridgehead atoms. The highest BCUT2D eigenvalue weighted by Gasteiger charge is 2.10. The van der Waals surface area contributed by atoms with Crippen LogP contribution in [0, 0.1) is 10.1 Å². The number of fused-ring (bicyclic) bond motifs is 1. The summed E-state index contributed by atoms with van der Waals surface area (Å²) in [4.78, 5) is 26.0. The van der Waals surface area contributed by atoms with E-state index >= 15 is 0 Å². The summed E-state index contributed by atoms with van der Waals surface area (Å²) >= 11 is 1.33.